The zero-order valence-electron chi connectivity index (χ0n) is 20.0. The van der Waals surface area contributed by atoms with E-state index in [1.54, 1.807) is 15.6 Å². The number of halogens is 3. The number of hydrogen-bond donors (Lipinski definition) is 1. The van der Waals surface area contributed by atoms with Crippen molar-refractivity contribution in [2.24, 2.45) is 0 Å². The monoisotopic (exact) mass is 532 g/mol. The Labute approximate surface area is 213 Å². The van der Waals surface area contributed by atoms with Crippen LogP contribution in [0.1, 0.15) is 23.2 Å². The molecule has 0 radical (unpaired) electrons. The molecule has 0 saturated carbocycles. The second-order valence-corrected chi connectivity index (χ2v) is 9.10. The van der Waals surface area contributed by atoms with Gasteiger partial charge in [0.25, 0.3) is 12.0 Å². The minimum atomic E-state index is -3.08. The SMILES string of the molecule is O=C(O)c1cccc2c(=O)n3n(c12)CCN(c1ccc(N2C[C@H](CCC(=O)C(F)F)OC2=O)cc1F)CC3. The van der Waals surface area contributed by atoms with Crippen LogP contribution < -0.4 is 15.4 Å². The minimum Gasteiger partial charge on any atom is -0.478 e. The van der Waals surface area contributed by atoms with E-state index in [9.17, 15) is 33.1 Å². The van der Waals surface area contributed by atoms with E-state index < -0.39 is 42.6 Å². The number of anilines is 2. The zero-order valence-corrected chi connectivity index (χ0v) is 20.0. The summed E-state index contributed by atoms with van der Waals surface area (Å²) in [5, 5.41) is 9.90. The predicted octanol–water partition coefficient (Wildman–Crippen LogP) is 3.10. The highest BCUT2D eigenvalue weighted by Gasteiger charge is 2.34. The fourth-order valence-corrected chi connectivity index (χ4v) is 4.99. The molecule has 0 unspecified atom stereocenters. The van der Waals surface area contributed by atoms with Gasteiger partial charge in [0, 0.05) is 19.5 Å². The second kappa shape index (κ2) is 9.88. The summed E-state index contributed by atoms with van der Waals surface area (Å²) in [6, 6.07) is 8.73. The first-order valence-corrected chi connectivity index (χ1v) is 11.9. The molecule has 0 bridgehead atoms. The van der Waals surface area contributed by atoms with E-state index in [4.69, 9.17) is 4.74 Å². The van der Waals surface area contributed by atoms with Crippen molar-refractivity contribution in [1.82, 2.24) is 9.36 Å². The standard InChI is InChI=1S/C25H23F3N4O6/c26-18-12-14(30-13-15(38-25(30)37)5-7-20(33)22(27)28)4-6-19(18)29-8-10-31-21-16(23(34)32(31)11-9-29)2-1-3-17(21)24(35)36/h1-4,6,12,15,22H,5,7-11,13H2,(H,35,36)/t15-/m0/s1. The molecule has 1 amide bonds. The molecule has 0 spiro atoms. The molecule has 5 rings (SSSR count). The number of aromatic nitrogens is 2. The fraction of sp³-hybridized carbons (Fsp3) is 0.360. The number of carbonyl (C=O) groups excluding carboxylic acids is 2. The van der Waals surface area contributed by atoms with E-state index in [1.807, 2.05) is 0 Å². The molecule has 13 heteroatoms. The van der Waals surface area contributed by atoms with Gasteiger partial charge in [0.2, 0.25) is 0 Å². The summed E-state index contributed by atoms with van der Waals surface area (Å²) in [6.07, 6.45) is -5.10. The normalized spacial score (nSPS) is 17.6. The quantitative estimate of drug-likeness (QED) is 0.498. The number of ketones is 1. The molecular weight excluding hydrogens is 509 g/mol. The van der Waals surface area contributed by atoms with E-state index in [0.717, 1.165) is 0 Å². The lowest BCUT2D eigenvalue weighted by Crippen LogP contribution is -2.29. The van der Waals surface area contributed by atoms with E-state index in [-0.39, 0.29) is 55.1 Å². The molecule has 2 aliphatic heterocycles. The summed E-state index contributed by atoms with van der Waals surface area (Å²) < 4.78 is 48.3. The number of Topliss-reactive ketones (excluding diaryl/α,β-unsaturated/α-hetero) is 1. The number of carboxylic acid groups (broad SMARTS) is 1. The number of ether oxygens (including phenoxy) is 1. The molecule has 200 valence electrons. The molecule has 2 aliphatic rings. The van der Waals surface area contributed by atoms with Gasteiger partial charge >= 0.3 is 12.1 Å². The molecule has 3 heterocycles. The predicted molar refractivity (Wildman–Crippen MR) is 130 cm³/mol. The number of alkyl halides is 2. The number of rotatable bonds is 7. The molecule has 10 nitrogen and oxygen atoms in total. The van der Waals surface area contributed by atoms with Crippen LogP contribution in [0.25, 0.3) is 10.9 Å². The third-order valence-electron chi connectivity index (χ3n) is 6.86. The lowest BCUT2D eigenvalue weighted by Gasteiger charge is -2.24. The molecule has 1 atom stereocenters. The van der Waals surface area contributed by atoms with Gasteiger partial charge in [-0.1, -0.05) is 6.07 Å². The number of carbonyl (C=O) groups is 3. The van der Waals surface area contributed by atoms with Crippen molar-refractivity contribution in [3.63, 3.8) is 0 Å². The van der Waals surface area contributed by atoms with Gasteiger partial charge in [0.1, 0.15) is 11.9 Å². The van der Waals surface area contributed by atoms with Gasteiger partial charge in [0.05, 0.1) is 47.5 Å². The number of fused-ring (bicyclic) bond motifs is 3. The Morgan fingerprint density at radius 1 is 1.05 bits per heavy atom. The minimum absolute atomic E-state index is 0.00476. The van der Waals surface area contributed by atoms with Crippen molar-refractivity contribution in [3.05, 3.63) is 58.1 Å². The van der Waals surface area contributed by atoms with Crippen molar-refractivity contribution < 1.29 is 37.4 Å². The summed E-state index contributed by atoms with van der Waals surface area (Å²) in [6.45, 7) is 1.00. The van der Waals surface area contributed by atoms with Crippen LogP contribution in [-0.4, -0.2) is 64.5 Å². The Morgan fingerprint density at radius 3 is 2.47 bits per heavy atom. The topological polar surface area (TPSA) is 114 Å². The van der Waals surface area contributed by atoms with Crippen molar-refractivity contribution in [3.8, 4) is 0 Å². The third-order valence-corrected chi connectivity index (χ3v) is 6.86. The van der Waals surface area contributed by atoms with Gasteiger partial charge in [-0.25, -0.2) is 27.4 Å². The van der Waals surface area contributed by atoms with Gasteiger partial charge in [-0.3, -0.25) is 19.2 Å². The Kier molecular flexibility index (Phi) is 6.59. The van der Waals surface area contributed by atoms with Crippen molar-refractivity contribution in [1.29, 1.82) is 0 Å². The first-order chi connectivity index (χ1) is 18.2. The molecule has 0 aliphatic carbocycles. The molecule has 38 heavy (non-hydrogen) atoms. The lowest BCUT2D eigenvalue weighted by molar-refractivity contribution is -0.129. The summed E-state index contributed by atoms with van der Waals surface area (Å²) in [4.78, 5) is 51.0. The fourth-order valence-electron chi connectivity index (χ4n) is 4.99. The van der Waals surface area contributed by atoms with Crippen LogP contribution in [0.2, 0.25) is 0 Å². The van der Waals surface area contributed by atoms with Gasteiger partial charge in [0.15, 0.2) is 5.78 Å². The zero-order chi connectivity index (χ0) is 27.1. The number of carboxylic acids is 1. The largest absolute Gasteiger partial charge is 0.478 e. The van der Waals surface area contributed by atoms with E-state index >= 15 is 4.39 Å². The summed E-state index contributed by atoms with van der Waals surface area (Å²) in [5.74, 6) is -3.00. The van der Waals surface area contributed by atoms with Gasteiger partial charge in [-0.15, -0.1) is 0 Å². The average molecular weight is 532 g/mol. The van der Waals surface area contributed by atoms with Crippen molar-refractivity contribution >= 4 is 40.1 Å². The maximum absolute atomic E-state index is 15.2. The van der Waals surface area contributed by atoms with Crippen LogP contribution in [0.15, 0.2) is 41.2 Å². The third kappa shape index (κ3) is 4.48. The number of nitrogens with zero attached hydrogens (tertiary/aromatic N) is 4. The highest BCUT2D eigenvalue weighted by Crippen LogP contribution is 2.30. The summed E-state index contributed by atoms with van der Waals surface area (Å²) >= 11 is 0. The molecule has 1 fully saturated rings. The molecule has 3 aromatic rings. The van der Waals surface area contributed by atoms with Crippen LogP contribution in [0.4, 0.5) is 29.3 Å². The molecular formula is C25H23F3N4O6. The highest BCUT2D eigenvalue weighted by atomic mass is 19.3. The van der Waals surface area contributed by atoms with E-state index in [2.05, 4.69) is 0 Å². The first-order valence-electron chi connectivity index (χ1n) is 11.9. The smallest absolute Gasteiger partial charge is 0.414 e. The molecule has 1 N–H and O–H groups in total. The van der Waals surface area contributed by atoms with Crippen LogP contribution in [-0.2, 0) is 22.6 Å². The Hall–Kier alpha value is -4.29. The van der Waals surface area contributed by atoms with Crippen molar-refractivity contribution in [2.75, 3.05) is 29.4 Å². The average Bonchev–Trinajstić information content (AvgIpc) is 3.29. The number of cyclic esters (lactones) is 1. The number of benzene rings is 2. The second-order valence-electron chi connectivity index (χ2n) is 9.10. The summed E-state index contributed by atoms with van der Waals surface area (Å²) in [5.41, 5.74) is 0.463. The van der Waals surface area contributed by atoms with Gasteiger partial charge in [-0.2, -0.15) is 0 Å². The first kappa shape index (κ1) is 25.4. The number of hydrogen-bond acceptors (Lipinski definition) is 6. The van der Waals surface area contributed by atoms with Crippen LogP contribution in [0.3, 0.4) is 0 Å². The lowest BCUT2D eigenvalue weighted by atomic mass is 10.1. The Bertz CT molecular complexity index is 1500. The van der Waals surface area contributed by atoms with Crippen LogP contribution >= 0.6 is 0 Å². The number of aromatic carboxylic acids is 1. The maximum Gasteiger partial charge on any atom is 0.414 e. The Morgan fingerprint density at radius 2 is 1.79 bits per heavy atom. The van der Waals surface area contributed by atoms with E-state index in [0.29, 0.717) is 17.4 Å². The van der Waals surface area contributed by atoms with Gasteiger partial charge in [-0.05, 0) is 36.8 Å². The Balaban J connectivity index is 1.32. The highest BCUT2D eigenvalue weighted by molar-refractivity contribution is 6.02. The van der Waals surface area contributed by atoms with Gasteiger partial charge < -0.3 is 14.7 Å². The summed E-state index contributed by atoms with van der Waals surface area (Å²) in [7, 11) is 0. The molecule has 2 aromatic carbocycles. The maximum atomic E-state index is 15.2. The number of para-hydroxylation sites is 1. The number of amides is 1. The van der Waals surface area contributed by atoms with Crippen LogP contribution in [0.5, 0.6) is 0 Å². The van der Waals surface area contributed by atoms with E-state index in [1.165, 1.54) is 39.9 Å². The molecule has 1 saturated heterocycles. The van der Waals surface area contributed by atoms with Crippen molar-refractivity contribution in [2.45, 2.75) is 38.5 Å². The van der Waals surface area contributed by atoms with Crippen LogP contribution in [0, 0.1) is 5.82 Å². The molecule has 1 aromatic heterocycles.